The maximum atomic E-state index is 12.8. The lowest BCUT2D eigenvalue weighted by molar-refractivity contribution is 0.0411. The lowest BCUT2D eigenvalue weighted by atomic mass is 10.1. The van der Waals surface area contributed by atoms with Crippen molar-refractivity contribution < 1.29 is 4.79 Å². The fraction of sp³-hybridized carbons (Fsp3) is 0.467. The number of likely N-dealkylation sites (N-methyl/N-ethyl adjacent to an activating group) is 1. The average molecular weight is 287 g/mol. The molecular formula is C15H21N5O. The van der Waals surface area contributed by atoms with Crippen molar-refractivity contribution in [3.05, 3.63) is 23.9 Å². The van der Waals surface area contributed by atoms with Gasteiger partial charge in [0, 0.05) is 36.2 Å². The molecule has 3 rings (SSSR count). The second-order valence-electron chi connectivity index (χ2n) is 5.95. The molecule has 2 aromatic rings. The van der Waals surface area contributed by atoms with Gasteiger partial charge in [-0.1, -0.05) is 0 Å². The molecular weight excluding hydrogens is 266 g/mol. The highest BCUT2D eigenvalue weighted by atomic mass is 16.2. The molecule has 0 bridgehead atoms. The maximum Gasteiger partial charge on any atom is 0.275 e. The van der Waals surface area contributed by atoms with Gasteiger partial charge >= 0.3 is 0 Å². The van der Waals surface area contributed by atoms with Gasteiger partial charge in [-0.25, -0.2) is 0 Å². The number of fused-ring (bicyclic) bond motifs is 1. The van der Waals surface area contributed by atoms with Crippen molar-refractivity contribution >= 4 is 22.5 Å². The molecule has 1 aromatic heterocycles. The highest BCUT2D eigenvalue weighted by molar-refractivity contribution is 6.05. The summed E-state index contributed by atoms with van der Waals surface area (Å²) in [7, 11) is 2.10. The Morgan fingerprint density at radius 3 is 2.67 bits per heavy atom. The summed E-state index contributed by atoms with van der Waals surface area (Å²) in [5.41, 5.74) is 7.75. The van der Waals surface area contributed by atoms with E-state index in [-0.39, 0.29) is 5.91 Å². The Balaban J connectivity index is 1.92. The van der Waals surface area contributed by atoms with Crippen molar-refractivity contribution in [1.82, 2.24) is 20.0 Å². The van der Waals surface area contributed by atoms with Gasteiger partial charge < -0.3 is 10.6 Å². The molecule has 0 radical (unpaired) electrons. The molecule has 3 N–H and O–H groups in total. The molecule has 2 unspecified atom stereocenters. The third-order valence-corrected chi connectivity index (χ3v) is 4.44. The minimum absolute atomic E-state index is 0.0290. The van der Waals surface area contributed by atoms with Crippen LogP contribution in [0.2, 0.25) is 0 Å². The molecule has 1 amide bonds. The average Bonchev–Trinajstić information content (AvgIpc) is 2.86. The van der Waals surface area contributed by atoms with Gasteiger partial charge in [0.05, 0.1) is 5.52 Å². The molecule has 1 fully saturated rings. The minimum Gasteiger partial charge on any atom is -0.399 e. The molecule has 6 nitrogen and oxygen atoms in total. The van der Waals surface area contributed by atoms with Crippen LogP contribution < -0.4 is 5.73 Å². The van der Waals surface area contributed by atoms with Gasteiger partial charge in [-0.3, -0.25) is 14.8 Å². The Kier molecular flexibility index (Phi) is 3.33. The summed E-state index contributed by atoms with van der Waals surface area (Å²) in [5, 5.41) is 7.89. The zero-order valence-corrected chi connectivity index (χ0v) is 12.6. The summed E-state index contributed by atoms with van der Waals surface area (Å²) >= 11 is 0. The number of nitrogens with two attached hydrogens (primary N) is 1. The molecule has 112 valence electrons. The second kappa shape index (κ2) is 5.04. The minimum atomic E-state index is -0.0290. The van der Waals surface area contributed by atoms with E-state index in [9.17, 15) is 4.79 Å². The lowest BCUT2D eigenvalue weighted by Gasteiger charge is -2.42. The molecule has 0 spiro atoms. The Hall–Kier alpha value is -2.08. The van der Waals surface area contributed by atoms with Gasteiger partial charge in [-0.05, 0) is 39.1 Å². The number of amides is 1. The molecule has 0 aliphatic carbocycles. The van der Waals surface area contributed by atoms with Crippen molar-refractivity contribution in [2.75, 3.05) is 25.9 Å². The quantitative estimate of drug-likeness (QED) is 0.775. The first-order valence-electron chi connectivity index (χ1n) is 7.22. The summed E-state index contributed by atoms with van der Waals surface area (Å²) in [4.78, 5) is 16.9. The van der Waals surface area contributed by atoms with E-state index >= 15 is 0 Å². The van der Waals surface area contributed by atoms with Gasteiger partial charge in [-0.2, -0.15) is 5.10 Å². The summed E-state index contributed by atoms with van der Waals surface area (Å²) in [6.45, 7) is 5.71. The standard InChI is InChI=1S/C15H21N5O/c1-9-7-20(8-10(2)19(9)3)15(21)14-12-6-11(16)4-5-13(12)17-18-14/h4-6,9-10H,7-8,16H2,1-3H3,(H,17,18). The number of nitrogen functional groups attached to an aromatic ring is 1. The van der Waals surface area contributed by atoms with E-state index in [0.29, 0.717) is 23.5 Å². The van der Waals surface area contributed by atoms with Gasteiger partial charge in [0.1, 0.15) is 0 Å². The highest BCUT2D eigenvalue weighted by Crippen LogP contribution is 2.22. The third kappa shape index (κ3) is 2.35. The van der Waals surface area contributed by atoms with Crippen molar-refractivity contribution in [3.63, 3.8) is 0 Å². The van der Waals surface area contributed by atoms with Crippen molar-refractivity contribution in [1.29, 1.82) is 0 Å². The molecule has 6 heteroatoms. The number of benzene rings is 1. The van der Waals surface area contributed by atoms with Crippen LogP contribution in [-0.4, -0.2) is 58.1 Å². The summed E-state index contributed by atoms with van der Waals surface area (Å²) in [6.07, 6.45) is 0. The number of anilines is 1. The third-order valence-electron chi connectivity index (χ3n) is 4.44. The molecule has 1 aliphatic rings. The van der Waals surface area contributed by atoms with Crippen LogP contribution in [0.4, 0.5) is 5.69 Å². The summed E-state index contributed by atoms with van der Waals surface area (Å²) in [6, 6.07) is 6.13. The number of hydrogen-bond acceptors (Lipinski definition) is 4. The first-order valence-corrected chi connectivity index (χ1v) is 7.22. The van der Waals surface area contributed by atoms with Crippen molar-refractivity contribution in [2.24, 2.45) is 0 Å². The maximum absolute atomic E-state index is 12.8. The Bertz CT molecular complexity index is 668. The van der Waals surface area contributed by atoms with E-state index < -0.39 is 0 Å². The Morgan fingerprint density at radius 2 is 2.00 bits per heavy atom. The zero-order valence-electron chi connectivity index (χ0n) is 12.6. The predicted molar refractivity (Wildman–Crippen MR) is 83.1 cm³/mol. The fourth-order valence-corrected chi connectivity index (χ4v) is 2.91. The largest absolute Gasteiger partial charge is 0.399 e. The highest BCUT2D eigenvalue weighted by Gasteiger charge is 2.31. The van der Waals surface area contributed by atoms with Crippen LogP contribution in [0.5, 0.6) is 0 Å². The van der Waals surface area contributed by atoms with E-state index in [4.69, 9.17) is 5.73 Å². The van der Waals surface area contributed by atoms with Crippen LogP contribution in [0.3, 0.4) is 0 Å². The number of H-pyrrole nitrogens is 1. The summed E-state index contributed by atoms with van der Waals surface area (Å²) < 4.78 is 0. The monoisotopic (exact) mass is 287 g/mol. The molecule has 0 saturated carbocycles. The van der Waals surface area contributed by atoms with Crippen molar-refractivity contribution in [3.8, 4) is 0 Å². The van der Waals surface area contributed by atoms with E-state index in [1.165, 1.54) is 0 Å². The number of hydrogen-bond donors (Lipinski definition) is 2. The Morgan fingerprint density at radius 1 is 1.33 bits per heavy atom. The zero-order chi connectivity index (χ0) is 15.1. The molecule has 21 heavy (non-hydrogen) atoms. The number of aromatic nitrogens is 2. The lowest BCUT2D eigenvalue weighted by Crippen LogP contribution is -2.56. The number of carbonyl (C=O) groups is 1. The van der Waals surface area contributed by atoms with Gasteiger partial charge in [0.25, 0.3) is 5.91 Å². The molecule has 2 atom stereocenters. The predicted octanol–water partition coefficient (Wildman–Crippen LogP) is 1.31. The van der Waals surface area contributed by atoms with Crippen LogP contribution in [0.15, 0.2) is 18.2 Å². The first kappa shape index (κ1) is 13.9. The van der Waals surface area contributed by atoms with E-state index in [1.807, 2.05) is 11.0 Å². The van der Waals surface area contributed by atoms with Crippen molar-refractivity contribution in [2.45, 2.75) is 25.9 Å². The number of nitrogens with one attached hydrogen (secondary N) is 1. The number of rotatable bonds is 1. The SMILES string of the molecule is CC1CN(C(=O)c2n[nH]c3ccc(N)cc23)CC(C)N1C. The number of aromatic amines is 1. The number of piperazine rings is 1. The Labute approximate surface area is 123 Å². The van der Waals surface area contributed by atoms with Crippen LogP contribution in [0, 0.1) is 0 Å². The van der Waals surface area contributed by atoms with Crippen LogP contribution in [0.1, 0.15) is 24.3 Å². The molecule has 2 heterocycles. The fourth-order valence-electron chi connectivity index (χ4n) is 2.91. The van der Waals surface area contributed by atoms with Gasteiger partial charge in [-0.15, -0.1) is 0 Å². The van der Waals surface area contributed by atoms with E-state index in [1.54, 1.807) is 12.1 Å². The second-order valence-corrected chi connectivity index (χ2v) is 5.95. The van der Waals surface area contributed by atoms with Crippen LogP contribution >= 0.6 is 0 Å². The summed E-state index contributed by atoms with van der Waals surface area (Å²) in [5.74, 6) is -0.0290. The van der Waals surface area contributed by atoms with Gasteiger partial charge in [0.2, 0.25) is 0 Å². The normalized spacial score (nSPS) is 23.7. The van der Waals surface area contributed by atoms with Crippen LogP contribution in [-0.2, 0) is 0 Å². The van der Waals surface area contributed by atoms with E-state index in [2.05, 4.69) is 36.0 Å². The number of carbonyl (C=O) groups excluding carboxylic acids is 1. The first-order chi connectivity index (χ1) is 9.97. The number of nitrogens with zero attached hydrogens (tertiary/aromatic N) is 3. The van der Waals surface area contributed by atoms with E-state index in [0.717, 1.165) is 24.0 Å². The molecule has 1 aromatic carbocycles. The topological polar surface area (TPSA) is 78.2 Å². The molecule has 1 aliphatic heterocycles. The smallest absolute Gasteiger partial charge is 0.275 e. The van der Waals surface area contributed by atoms with Gasteiger partial charge in [0.15, 0.2) is 5.69 Å². The van der Waals surface area contributed by atoms with Crippen LogP contribution in [0.25, 0.3) is 10.9 Å². The molecule has 1 saturated heterocycles.